The molecule has 8 heteroatoms. The first-order valence-electron chi connectivity index (χ1n) is 14.7. The van der Waals surface area contributed by atoms with Gasteiger partial charge in [0.2, 0.25) is 0 Å². The van der Waals surface area contributed by atoms with Gasteiger partial charge in [0, 0.05) is 35.0 Å². The van der Waals surface area contributed by atoms with Crippen molar-refractivity contribution in [1.82, 2.24) is 14.7 Å². The highest BCUT2D eigenvalue weighted by Gasteiger charge is 2.35. The predicted octanol–water partition coefficient (Wildman–Crippen LogP) is 7.43. The molecular weight excluding hydrogens is 555 g/mol. The average Bonchev–Trinajstić information content (AvgIpc) is 3.47. The SMILES string of the molecule is CCCCCCN1C(=O)C(C#N)=C(C)/C(=C\c2cn(-c3ccccc3)nc2-c2cccc(OCc3ccccc3F)c2)C1=O. The van der Waals surface area contributed by atoms with Gasteiger partial charge in [0.25, 0.3) is 11.8 Å². The second-order valence-corrected chi connectivity index (χ2v) is 10.6. The second kappa shape index (κ2) is 13.8. The van der Waals surface area contributed by atoms with Crippen LogP contribution < -0.4 is 4.74 Å². The summed E-state index contributed by atoms with van der Waals surface area (Å²) in [6.45, 7) is 4.04. The Balaban J connectivity index is 1.55. The fourth-order valence-corrected chi connectivity index (χ4v) is 5.12. The Kier molecular flexibility index (Phi) is 9.46. The first-order chi connectivity index (χ1) is 21.4. The maximum Gasteiger partial charge on any atom is 0.271 e. The molecule has 1 aliphatic heterocycles. The highest BCUT2D eigenvalue weighted by atomic mass is 19.1. The van der Waals surface area contributed by atoms with E-state index in [0.717, 1.165) is 30.5 Å². The Morgan fingerprint density at radius 2 is 1.73 bits per heavy atom. The summed E-state index contributed by atoms with van der Waals surface area (Å²) in [4.78, 5) is 28.0. The summed E-state index contributed by atoms with van der Waals surface area (Å²) in [5.41, 5.74) is 3.76. The largest absolute Gasteiger partial charge is 0.489 e. The van der Waals surface area contributed by atoms with E-state index in [4.69, 9.17) is 9.84 Å². The van der Waals surface area contributed by atoms with Crippen molar-refractivity contribution >= 4 is 17.9 Å². The van der Waals surface area contributed by atoms with Crippen molar-refractivity contribution in [3.8, 4) is 28.8 Å². The van der Waals surface area contributed by atoms with Crippen LogP contribution in [0.15, 0.2) is 102 Å². The molecule has 0 atom stereocenters. The van der Waals surface area contributed by atoms with Gasteiger partial charge in [-0.05, 0) is 55.3 Å². The van der Waals surface area contributed by atoms with Crippen LogP contribution in [0.25, 0.3) is 23.0 Å². The maximum absolute atomic E-state index is 14.2. The summed E-state index contributed by atoms with van der Waals surface area (Å²) in [6, 6.07) is 25.4. The molecule has 0 saturated carbocycles. The Morgan fingerprint density at radius 3 is 2.48 bits per heavy atom. The van der Waals surface area contributed by atoms with Gasteiger partial charge in [-0.15, -0.1) is 0 Å². The lowest BCUT2D eigenvalue weighted by molar-refractivity contribution is -0.140. The van der Waals surface area contributed by atoms with Crippen LogP contribution in [0.1, 0.15) is 50.7 Å². The van der Waals surface area contributed by atoms with Crippen molar-refractivity contribution in [3.63, 3.8) is 0 Å². The number of amides is 2. The zero-order chi connectivity index (χ0) is 31.1. The lowest BCUT2D eigenvalue weighted by atomic mass is 9.93. The molecular formula is C36H33FN4O3. The number of nitriles is 1. The van der Waals surface area contributed by atoms with Crippen molar-refractivity contribution < 1.29 is 18.7 Å². The van der Waals surface area contributed by atoms with Crippen LogP contribution in [0.4, 0.5) is 4.39 Å². The van der Waals surface area contributed by atoms with E-state index in [0.29, 0.717) is 34.6 Å². The number of halogens is 1. The second-order valence-electron chi connectivity index (χ2n) is 10.6. The van der Waals surface area contributed by atoms with E-state index >= 15 is 0 Å². The molecule has 222 valence electrons. The summed E-state index contributed by atoms with van der Waals surface area (Å²) < 4.78 is 21.8. The number of rotatable bonds is 11. The van der Waals surface area contributed by atoms with Crippen molar-refractivity contribution in [1.29, 1.82) is 5.26 Å². The van der Waals surface area contributed by atoms with Gasteiger partial charge in [0.05, 0.1) is 5.69 Å². The molecule has 7 nitrogen and oxygen atoms in total. The Morgan fingerprint density at radius 1 is 0.955 bits per heavy atom. The van der Waals surface area contributed by atoms with Crippen molar-refractivity contribution in [3.05, 3.63) is 119 Å². The third-order valence-electron chi connectivity index (χ3n) is 7.58. The topological polar surface area (TPSA) is 88.2 Å². The minimum Gasteiger partial charge on any atom is -0.489 e. The number of carbonyl (C=O) groups excluding carboxylic acids is 2. The normalized spacial score (nSPS) is 14.3. The van der Waals surface area contributed by atoms with E-state index in [-0.39, 0.29) is 30.1 Å². The molecule has 2 amide bonds. The first-order valence-corrected chi connectivity index (χ1v) is 14.7. The average molecular weight is 589 g/mol. The summed E-state index contributed by atoms with van der Waals surface area (Å²) in [5, 5.41) is 14.7. The van der Waals surface area contributed by atoms with Gasteiger partial charge in [0.1, 0.15) is 35.5 Å². The van der Waals surface area contributed by atoms with Gasteiger partial charge in [0.15, 0.2) is 0 Å². The number of benzene rings is 3. The van der Waals surface area contributed by atoms with Gasteiger partial charge in [-0.3, -0.25) is 14.5 Å². The lowest BCUT2D eigenvalue weighted by Gasteiger charge is -2.27. The third-order valence-corrected chi connectivity index (χ3v) is 7.58. The summed E-state index contributed by atoms with van der Waals surface area (Å²) in [5.74, 6) is -0.791. The summed E-state index contributed by atoms with van der Waals surface area (Å²) >= 11 is 0. The van der Waals surface area contributed by atoms with Gasteiger partial charge >= 0.3 is 0 Å². The van der Waals surface area contributed by atoms with Gasteiger partial charge in [-0.1, -0.05) is 74.7 Å². The maximum atomic E-state index is 14.2. The van der Waals surface area contributed by atoms with Crippen molar-refractivity contribution in [2.45, 2.75) is 46.1 Å². The number of unbranched alkanes of at least 4 members (excludes halogenated alkanes) is 3. The van der Waals surface area contributed by atoms with E-state index in [9.17, 15) is 19.2 Å². The molecule has 1 aromatic heterocycles. The minimum absolute atomic E-state index is 0.0353. The lowest BCUT2D eigenvalue weighted by Crippen LogP contribution is -2.43. The first kappa shape index (κ1) is 30.2. The number of carbonyl (C=O) groups is 2. The van der Waals surface area contributed by atoms with Crippen LogP contribution in [0.5, 0.6) is 5.75 Å². The molecule has 44 heavy (non-hydrogen) atoms. The fraction of sp³-hybridized carbons (Fsp3) is 0.222. The number of nitrogens with zero attached hydrogens (tertiary/aromatic N) is 4. The predicted molar refractivity (Wildman–Crippen MR) is 167 cm³/mol. The van der Waals surface area contributed by atoms with Crippen molar-refractivity contribution in [2.75, 3.05) is 6.54 Å². The van der Waals surface area contributed by atoms with Crippen LogP contribution in [0.3, 0.4) is 0 Å². The molecule has 4 aromatic rings. The smallest absolute Gasteiger partial charge is 0.271 e. The number of imide groups is 1. The zero-order valence-electron chi connectivity index (χ0n) is 24.8. The Labute approximate surface area is 256 Å². The number of aromatic nitrogens is 2. The molecule has 0 fully saturated rings. The highest BCUT2D eigenvalue weighted by molar-refractivity contribution is 6.19. The number of hydrogen-bond acceptors (Lipinski definition) is 5. The third kappa shape index (κ3) is 6.52. The zero-order valence-corrected chi connectivity index (χ0v) is 24.8. The van der Waals surface area contributed by atoms with Gasteiger partial charge in [-0.25, -0.2) is 9.07 Å². The van der Waals surface area contributed by atoms with E-state index in [1.165, 1.54) is 11.0 Å². The highest BCUT2D eigenvalue weighted by Crippen LogP contribution is 2.32. The molecule has 0 aliphatic carbocycles. The summed E-state index contributed by atoms with van der Waals surface area (Å²) in [7, 11) is 0. The molecule has 3 aromatic carbocycles. The molecule has 0 spiro atoms. The number of ether oxygens (including phenoxy) is 1. The molecule has 0 bridgehead atoms. The van der Waals surface area contributed by atoms with Crippen molar-refractivity contribution in [2.24, 2.45) is 0 Å². The monoisotopic (exact) mass is 588 g/mol. The number of hydrogen-bond donors (Lipinski definition) is 0. The quantitative estimate of drug-likeness (QED) is 0.103. The van der Waals surface area contributed by atoms with Crippen LogP contribution in [-0.2, 0) is 16.2 Å². The summed E-state index contributed by atoms with van der Waals surface area (Å²) in [6.07, 6.45) is 7.12. The fourth-order valence-electron chi connectivity index (χ4n) is 5.12. The van der Waals surface area contributed by atoms with Crippen LogP contribution in [0.2, 0.25) is 0 Å². The van der Waals surface area contributed by atoms with Gasteiger partial charge < -0.3 is 4.74 Å². The van der Waals surface area contributed by atoms with Crippen LogP contribution >= 0.6 is 0 Å². The van der Waals surface area contributed by atoms with E-state index in [2.05, 4.69) is 6.92 Å². The molecule has 2 heterocycles. The molecule has 5 rings (SSSR count). The molecule has 0 saturated heterocycles. The minimum atomic E-state index is -0.552. The molecule has 1 aliphatic rings. The van der Waals surface area contributed by atoms with Crippen LogP contribution in [-0.4, -0.2) is 33.0 Å². The molecule has 0 radical (unpaired) electrons. The Hall–Kier alpha value is -5.29. The van der Waals surface area contributed by atoms with E-state index in [1.54, 1.807) is 41.9 Å². The van der Waals surface area contributed by atoms with Crippen LogP contribution in [0, 0.1) is 17.1 Å². The number of para-hydroxylation sites is 1. The van der Waals surface area contributed by atoms with E-state index < -0.39 is 11.8 Å². The Bertz CT molecular complexity index is 1780. The molecule has 0 N–H and O–H groups in total. The van der Waals surface area contributed by atoms with E-state index in [1.807, 2.05) is 60.8 Å². The molecule has 0 unspecified atom stereocenters. The van der Waals surface area contributed by atoms with Gasteiger partial charge in [-0.2, -0.15) is 10.4 Å². The standard InChI is InChI=1S/C36H33FN4O3/c1-3-4-5-11-19-40-35(42)31(25(2)32(22-38)36(40)43)21-28-23-41(29-15-7-6-8-16-29)39-34(28)26-14-12-17-30(20-26)44-24-27-13-9-10-18-33(27)37/h6-10,12-18,20-21,23H,3-5,11,19,24H2,1-2H3/b31-21+.